The lowest BCUT2D eigenvalue weighted by atomic mass is 9.89. The molecule has 0 radical (unpaired) electrons. The smallest absolute Gasteiger partial charge is 0.0605 e. The van der Waals surface area contributed by atoms with E-state index < -0.39 is 0 Å². The second-order valence-corrected chi connectivity index (χ2v) is 6.39. The highest BCUT2D eigenvalue weighted by Gasteiger charge is 2.45. The van der Waals surface area contributed by atoms with Crippen molar-refractivity contribution in [3.05, 3.63) is 29.6 Å². The van der Waals surface area contributed by atoms with Crippen LogP contribution < -0.4 is 5.32 Å². The molecule has 98 valence electrons. The van der Waals surface area contributed by atoms with E-state index in [-0.39, 0.29) is 0 Å². The summed E-state index contributed by atoms with van der Waals surface area (Å²) in [5.41, 5.74) is 3.35. The van der Waals surface area contributed by atoms with Gasteiger partial charge in [0, 0.05) is 18.8 Å². The van der Waals surface area contributed by atoms with E-state index in [1.165, 1.54) is 49.9 Å². The Kier molecular flexibility index (Phi) is 3.14. The Labute approximate surface area is 110 Å². The summed E-state index contributed by atoms with van der Waals surface area (Å²) < 4.78 is 0. The molecule has 0 saturated heterocycles. The van der Waals surface area contributed by atoms with Crippen molar-refractivity contribution in [1.82, 2.24) is 10.3 Å². The Bertz CT molecular complexity index is 421. The minimum absolute atomic E-state index is 0.492. The molecule has 1 atom stereocenters. The van der Waals surface area contributed by atoms with E-state index in [9.17, 15) is 0 Å². The molecular weight excluding hydrogens is 220 g/mol. The lowest BCUT2D eigenvalue weighted by molar-refractivity contribution is 0.308. The average molecular weight is 244 g/mol. The van der Waals surface area contributed by atoms with Gasteiger partial charge in [0.15, 0.2) is 0 Å². The molecule has 18 heavy (non-hydrogen) atoms. The van der Waals surface area contributed by atoms with Crippen molar-refractivity contribution in [2.45, 2.75) is 52.0 Å². The lowest BCUT2D eigenvalue weighted by Crippen LogP contribution is -2.33. The summed E-state index contributed by atoms with van der Waals surface area (Å²) in [6, 6.07) is 4.80. The van der Waals surface area contributed by atoms with E-state index in [0.717, 1.165) is 5.92 Å². The third kappa shape index (κ3) is 2.18. The molecule has 0 aromatic carbocycles. The third-order valence-corrected chi connectivity index (χ3v) is 5.01. The van der Waals surface area contributed by atoms with Crippen LogP contribution in [-0.2, 0) is 6.42 Å². The van der Waals surface area contributed by atoms with E-state index in [0.29, 0.717) is 11.5 Å². The summed E-state index contributed by atoms with van der Waals surface area (Å²) in [6.45, 7) is 5.90. The SMILES string of the molecule is CC(C)C1(CNC2CCCc3cccnc32)CC1. The van der Waals surface area contributed by atoms with Crippen LogP contribution in [0.2, 0.25) is 0 Å². The summed E-state index contributed by atoms with van der Waals surface area (Å²) in [6.07, 6.45) is 8.49. The topological polar surface area (TPSA) is 24.9 Å². The molecule has 2 aliphatic carbocycles. The first-order chi connectivity index (χ1) is 8.71. The Morgan fingerprint density at radius 2 is 2.28 bits per heavy atom. The fourth-order valence-corrected chi connectivity index (χ4v) is 3.25. The monoisotopic (exact) mass is 244 g/mol. The van der Waals surface area contributed by atoms with Gasteiger partial charge in [-0.3, -0.25) is 4.98 Å². The third-order valence-electron chi connectivity index (χ3n) is 5.01. The molecule has 3 rings (SSSR count). The second kappa shape index (κ2) is 4.65. The number of aryl methyl sites for hydroxylation is 1. The van der Waals surface area contributed by atoms with Gasteiger partial charge in [-0.05, 0) is 55.1 Å². The molecule has 2 nitrogen and oxygen atoms in total. The highest BCUT2D eigenvalue weighted by atomic mass is 15.0. The molecule has 0 bridgehead atoms. The van der Waals surface area contributed by atoms with Crippen molar-refractivity contribution in [2.24, 2.45) is 11.3 Å². The first-order valence-electron chi connectivity index (χ1n) is 7.38. The molecule has 1 N–H and O–H groups in total. The number of nitrogens with zero attached hydrogens (tertiary/aromatic N) is 1. The second-order valence-electron chi connectivity index (χ2n) is 6.39. The number of hydrogen-bond acceptors (Lipinski definition) is 2. The summed E-state index contributed by atoms with van der Waals surface area (Å²) >= 11 is 0. The molecule has 1 fully saturated rings. The van der Waals surface area contributed by atoms with Crippen molar-refractivity contribution < 1.29 is 0 Å². The molecule has 2 heteroatoms. The van der Waals surface area contributed by atoms with Crippen LogP contribution in [0.1, 0.15) is 56.8 Å². The maximum Gasteiger partial charge on any atom is 0.0605 e. The molecule has 0 amide bonds. The molecule has 0 aliphatic heterocycles. The summed E-state index contributed by atoms with van der Waals surface area (Å²) in [7, 11) is 0. The zero-order valence-electron chi connectivity index (χ0n) is 11.6. The van der Waals surface area contributed by atoms with Crippen LogP contribution in [0.15, 0.2) is 18.3 Å². The van der Waals surface area contributed by atoms with Crippen LogP contribution in [0, 0.1) is 11.3 Å². The molecule has 1 unspecified atom stereocenters. The maximum absolute atomic E-state index is 4.60. The number of nitrogens with one attached hydrogen (secondary N) is 1. The fraction of sp³-hybridized carbons (Fsp3) is 0.688. The Morgan fingerprint density at radius 1 is 1.44 bits per heavy atom. The largest absolute Gasteiger partial charge is 0.308 e. The number of hydrogen-bond donors (Lipinski definition) is 1. The van der Waals surface area contributed by atoms with E-state index in [2.05, 4.69) is 36.3 Å². The van der Waals surface area contributed by atoms with Crippen LogP contribution >= 0.6 is 0 Å². The Morgan fingerprint density at radius 3 is 3.00 bits per heavy atom. The number of pyridine rings is 1. The van der Waals surface area contributed by atoms with Crippen molar-refractivity contribution >= 4 is 0 Å². The van der Waals surface area contributed by atoms with Crippen molar-refractivity contribution in [3.63, 3.8) is 0 Å². The maximum atomic E-state index is 4.60. The molecule has 1 aromatic rings. The predicted molar refractivity (Wildman–Crippen MR) is 74.4 cm³/mol. The summed E-state index contributed by atoms with van der Waals surface area (Å²) in [5.74, 6) is 0.803. The first-order valence-corrected chi connectivity index (χ1v) is 7.38. The van der Waals surface area contributed by atoms with Gasteiger partial charge in [-0.2, -0.15) is 0 Å². The lowest BCUT2D eigenvalue weighted by Gasteiger charge is -2.28. The van der Waals surface area contributed by atoms with Gasteiger partial charge in [0.2, 0.25) is 0 Å². The number of fused-ring (bicyclic) bond motifs is 1. The predicted octanol–water partition coefficient (Wildman–Crippen LogP) is 3.48. The molecular formula is C16H24N2. The zero-order chi connectivity index (χ0) is 12.6. The van der Waals surface area contributed by atoms with Crippen LogP contribution in [0.5, 0.6) is 0 Å². The van der Waals surface area contributed by atoms with Crippen molar-refractivity contribution in [1.29, 1.82) is 0 Å². The normalized spacial score (nSPS) is 24.9. The molecule has 2 aliphatic rings. The van der Waals surface area contributed by atoms with Gasteiger partial charge in [-0.25, -0.2) is 0 Å². The highest BCUT2D eigenvalue weighted by molar-refractivity contribution is 5.25. The van der Waals surface area contributed by atoms with Gasteiger partial charge >= 0.3 is 0 Å². The number of rotatable bonds is 4. The Balaban J connectivity index is 1.68. The van der Waals surface area contributed by atoms with Gasteiger partial charge in [0.25, 0.3) is 0 Å². The van der Waals surface area contributed by atoms with Crippen molar-refractivity contribution in [3.8, 4) is 0 Å². The van der Waals surface area contributed by atoms with E-state index in [1.807, 2.05) is 6.20 Å². The zero-order valence-corrected chi connectivity index (χ0v) is 11.6. The van der Waals surface area contributed by atoms with E-state index >= 15 is 0 Å². The minimum Gasteiger partial charge on any atom is -0.308 e. The van der Waals surface area contributed by atoms with Crippen LogP contribution in [0.3, 0.4) is 0 Å². The van der Waals surface area contributed by atoms with Gasteiger partial charge in [-0.15, -0.1) is 0 Å². The molecule has 0 spiro atoms. The summed E-state index contributed by atoms with van der Waals surface area (Å²) in [5, 5.41) is 3.80. The standard InChI is InChI=1S/C16H24N2/c1-12(2)16(8-9-16)11-18-14-7-3-5-13-6-4-10-17-15(13)14/h4,6,10,12,14,18H,3,5,7-9,11H2,1-2H3. The molecule has 1 heterocycles. The van der Waals surface area contributed by atoms with E-state index in [4.69, 9.17) is 0 Å². The van der Waals surface area contributed by atoms with Crippen LogP contribution in [-0.4, -0.2) is 11.5 Å². The van der Waals surface area contributed by atoms with Gasteiger partial charge in [0.05, 0.1) is 5.69 Å². The number of aromatic nitrogens is 1. The Hall–Kier alpha value is -0.890. The van der Waals surface area contributed by atoms with Crippen LogP contribution in [0.4, 0.5) is 0 Å². The highest BCUT2D eigenvalue weighted by Crippen LogP contribution is 2.51. The first kappa shape index (κ1) is 12.2. The van der Waals surface area contributed by atoms with Crippen LogP contribution in [0.25, 0.3) is 0 Å². The van der Waals surface area contributed by atoms with E-state index in [1.54, 1.807) is 0 Å². The van der Waals surface area contributed by atoms with Gasteiger partial charge in [0.1, 0.15) is 0 Å². The quantitative estimate of drug-likeness (QED) is 0.877. The summed E-state index contributed by atoms with van der Waals surface area (Å²) in [4.78, 5) is 4.60. The molecule has 1 aromatic heterocycles. The van der Waals surface area contributed by atoms with Gasteiger partial charge in [-0.1, -0.05) is 19.9 Å². The minimum atomic E-state index is 0.492. The fourth-order valence-electron chi connectivity index (χ4n) is 3.25. The molecule has 1 saturated carbocycles. The van der Waals surface area contributed by atoms with Crippen molar-refractivity contribution in [2.75, 3.05) is 6.54 Å². The van der Waals surface area contributed by atoms with Gasteiger partial charge < -0.3 is 5.32 Å². The average Bonchev–Trinajstić information content (AvgIpc) is 3.17.